The van der Waals surface area contributed by atoms with Gasteiger partial charge in [0.25, 0.3) is 0 Å². The number of halogens is 1. The standard InChI is InChI=1S/C12H18FNO/c13-11-4-8-14(10-11)12(7-9-15)5-2-1-3-6-12/h1-3,5,11,15H,4,6-10H2/t11-,12-/m1/s1. The highest BCUT2D eigenvalue weighted by Gasteiger charge is 2.38. The fourth-order valence-electron chi connectivity index (χ4n) is 2.55. The van der Waals surface area contributed by atoms with Crippen molar-refractivity contribution in [2.75, 3.05) is 19.7 Å². The molecule has 3 heteroatoms. The summed E-state index contributed by atoms with van der Waals surface area (Å²) in [5.41, 5.74) is -0.135. The molecule has 1 aliphatic heterocycles. The predicted octanol–water partition coefficient (Wildman–Crippen LogP) is 1.67. The second-order valence-corrected chi connectivity index (χ2v) is 4.40. The van der Waals surface area contributed by atoms with Crippen LogP contribution in [0.4, 0.5) is 4.39 Å². The Labute approximate surface area is 90.1 Å². The van der Waals surface area contributed by atoms with Crippen molar-refractivity contribution in [1.29, 1.82) is 0 Å². The Morgan fingerprint density at radius 3 is 2.87 bits per heavy atom. The van der Waals surface area contributed by atoms with Gasteiger partial charge in [0.15, 0.2) is 0 Å². The van der Waals surface area contributed by atoms with E-state index in [-0.39, 0.29) is 12.1 Å². The molecular formula is C12H18FNO. The van der Waals surface area contributed by atoms with Gasteiger partial charge in [0.05, 0.1) is 0 Å². The lowest BCUT2D eigenvalue weighted by Gasteiger charge is -2.40. The van der Waals surface area contributed by atoms with Gasteiger partial charge in [0.1, 0.15) is 6.17 Å². The fourth-order valence-corrected chi connectivity index (χ4v) is 2.55. The third-order valence-corrected chi connectivity index (χ3v) is 3.43. The number of rotatable bonds is 3. The number of aliphatic hydroxyl groups excluding tert-OH is 1. The Kier molecular flexibility index (Phi) is 3.22. The Balaban J connectivity index is 2.12. The number of nitrogens with zero attached hydrogens (tertiary/aromatic N) is 1. The first-order chi connectivity index (χ1) is 7.27. The molecule has 0 radical (unpaired) electrons. The van der Waals surface area contributed by atoms with E-state index in [9.17, 15) is 4.39 Å². The maximum atomic E-state index is 13.2. The van der Waals surface area contributed by atoms with Gasteiger partial charge in [-0.25, -0.2) is 4.39 Å². The number of aliphatic hydroxyl groups is 1. The van der Waals surface area contributed by atoms with E-state index < -0.39 is 6.17 Å². The molecule has 1 heterocycles. The van der Waals surface area contributed by atoms with Crippen LogP contribution in [0.1, 0.15) is 19.3 Å². The number of alkyl halides is 1. The normalized spacial score (nSPS) is 36.3. The lowest BCUT2D eigenvalue weighted by atomic mass is 9.86. The van der Waals surface area contributed by atoms with Crippen molar-refractivity contribution in [2.45, 2.75) is 31.0 Å². The molecule has 1 fully saturated rings. The molecule has 1 aliphatic carbocycles. The summed E-state index contributed by atoms with van der Waals surface area (Å²) in [6.45, 7) is 1.48. The second kappa shape index (κ2) is 4.45. The first-order valence-corrected chi connectivity index (χ1v) is 5.61. The molecule has 84 valence electrons. The number of hydrogen-bond donors (Lipinski definition) is 1. The third-order valence-electron chi connectivity index (χ3n) is 3.43. The molecule has 2 rings (SSSR count). The topological polar surface area (TPSA) is 23.5 Å². The van der Waals surface area contributed by atoms with Crippen LogP contribution in [0.15, 0.2) is 24.3 Å². The summed E-state index contributed by atoms with van der Waals surface area (Å²) in [6, 6.07) is 0. The highest BCUT2D eigenvalue weighted by molar-refractivity contribution is 5.22. The van der Waals surface area contributed by atoms with Crippen molar-refractivity contribution < 1.29 is 9.50 Å². The van der Waals surface area contributed by atoms with E-state index in [1.54, 1.807) is 0 Å². The summed E-state index contributed by atoms with van der Waals surface area (Å²) >= 11 is 0. The number of hydrogen-bond acceptors (Lipinski definition) is 2. The molecule has 15 heavy (non-hydrogen) atoms. The van der Waals surface area contributed by atoms with Gasteiger partial charge in [-0.15, -0.1) is 0 Å². The predicted molar refractivity (Wildman–Crippen MR) is 58.4 cm³/mol. The Bertz CT molecular complexity index is 277. The van der Waals surface area contributed by atoms with E-state index in [2.05, 4.69) is 17.1 Å². The lowest BCUT2D eigenvalue weighted by Crippen LogP contribution is -2.47. The molecule has 2 nitrogen and oxygen atoms in total. The first kappa shape index (κ1) is 10.8. The van der Waals surface area contributed by atoms with Crippen LogP contribution in [0.25, 0.3) is 0 Å². The highest BCUT2D eigenvalue weighted by atomic mass is 19.1. The van der Waals surface area contributed by atoms with Gasteiger partial charge >= 0.3 is 0 Å². The van der Waals surface area contributed by atoms with Gasteiger partial charge in [-0.05, 0) is 19.3 Å². The summed E-state index contributed by atoms with van der Waals surface area (Å²) < 4.78 is 13.2. The molecule has 0 amide bonds. The Hall–Kier alpha value is -0.670. The minimum absolute atomic E-state index is 0.135. The van der Waals surface area contributed by atoms with Crippen LogP contribution >= 0.6 is 0 Å². The molecule has 0 spiro atoms. The minimum Gasteiger partial charge on any atom is -0.396 e. The lowest BCUT2D eigenvalue weighted by molar-refractivity contribution is 0.117. The number of likely N-dealkylation sites (tertiary alicyclic amines) is 1. The summed E-state index contributed by atoms with van der Waals surface area (Å²) in [6.07, 6.45) is 9.74. The molecule has 0 saturated carbocycles. The van der Waals surface area contributed by atoms with E-state index in [1.807, 2.05) is 12.2 Å². The van der Waals surface area contributed by atoms with Gasteiger partial charge in [-0.1, -0.05) is 24.3 Å². The zero-order valence-electron chi connectivity index (χ0n) is 8.90. The van der Waals surface area contributed by atoms with Gasteiger partial charge in [0, 0.05) is 25.2 Å². The van der Waals surface area contributed by atoms with E-state index in [1.165, 1.54) is 0 Å². The maximum Gasteiger partial charge on any atom is 0.114 e. The molecule has 0 aromatic rings. The molecule has 0 unspecified atom stereocenters. The quantitative estimate of drug-likeness (QED) is 0.767. The largest absolute Gasteiger partial charge is 0.396 e. The van der Waals surface area contributed by atoms with Crippen molar-refractivity contribution in [3.05, 3.63) is 24.3 Å². The molecule has 2 atom stereocenters. The zero-order valence-corrected chi connectivity index (χ0v) is 8.90. The van der Waals surface area contributed by atoms with Crippen LogP contribution in [0, 0.1) is 0 Å². The average Bonchev–Trinajstić information content (AvgIpc) is 2.67. The summed E-state index contributed by atoms with van der Waals surface area (Å²) in [7, 11) is 0. The smallest absolute Gasteiger partial charge is 0.114 e. The van der Waals surface area contributed by atoms with Crippen LogP contribution in [-0.2, 0) is 0 Å². The first-order valence-electron chi connectivity index (χ1n) is 5.61. The monoisotopic (exact) mass is 211 g/mol. The summed E-state index contributed by atoms with van der Waals surface area (Å²) in [5, 5.41) is 9.13. The molecule has 0 aromatic heterocycles. The second-order valence-electron chi connectivity index (χ2n) is 4.40. The molecule has 1 saturated heterocycles. The molecular weight excluding hydrogens is 193 g/mol. The summed E-state index contributed by atoms with van der Waals surface area (Å²) in [5.74, 6) is 0. The SMILES string of the molecule is OCC[C@@]1(N2CC[C@@H](F)C2)C=CC=CC1. The third kappa shape index (κ3) is 2.13. The van der Waals surface area contributed by atoms with Crippen LogP contribution in [0.3, 0.4) is 0 Å². The van der Waals surface area contributed by atoms with Crippen molar-refractivity contribution in [2.24, 2.45) is 0 Å². The van der Waals surface area contributed by atoms with Crippen LogP contribution < -0.4 is 0 Å². The van der Waals surface area contributed by atoms with Gasteiger partial charge in [-0.3, -0.25) is 4.90 Å². The van der Waals surface area contributed by atoms with Crippen molar-refractivity contribution >= 4 is 0 Å². The van der Waals surface area contributed by atoms with Crippen LogP contribution in [0.5, 0.6) is 0 Å². The average molecular weight is 211 g/mol. The van der Waals surface area contributed by atoms with Crippen LogP contribution in [0.2, 0.25) is 0 Å². The maximum absolute atomic E-state index is 13.2. The molecule has 0 bridgehead atoms. The van der Waals surface area contributed by atoms with Gasteiger partial charge < -0.3 is 5.11 Å². The molecule has 2 aliphatic rings. The Morgan fingerprint density at radius 1 is 1.47 bits per heavy atom. The van der Waals surface area contributed by atoms with Crippen molar-refractivity contribution in [3.8, 4) is 0 Å². The van der Waals surface area contributed by atoms with E-state index in [0.29, 0.717) is 19.4 Å². The minimum atomic E-state index is -0.695. The molecule has 1 N–H and O–H groups in total. The highest BCUT2D eigenvalue weighted by Crippen LogP contribution is 2.32. The Morgan fingerprint density at radius 2 is 2.33 bits per heavy atom. The fraction of sp³-hybridized carbons (Fsp3) is 0.667. The van der Waals surface area contributed by atoms with E-state index >= 15 is 0 Å². The van der Waals surface area contributed by atoms with Crippen molar-refractivity contribution in [1.82, 2.24) is 4.90 Å². The van der Waals surface area contributed by atoms with E-state index in [0.717, 1.165) is 13.0 Å². The van der Waals surface area contributed by atoms with Crippen LogP contribution in [-0.4, -0.2) is 41.4 Å². The van der Waals surface area contributed by atoms with Gasteiger partial charge in [0.2, 0.25) is 0 Å². The van der Waals surface area contributed by atoms with Crippen molar-refractivity contribution in [3.63, 3.8) is 0 Å². The van der Waals surface area contributed by atoms with E-state index in [4.69, 9.17) is 5.11 Å². The summed E-state index contributed by atoms with van der Waals surface area (Å²) in [4.78, 5) is 2.17. The van der Waals surface area contributed by atoms with Gasteiger partial charge in [-0.2, -0.15) is 0 Å². The molecule has 0 aromatic carbocycles. The number of allylic oxidation sites excluding steroid dienone is 2. The zero-order chi connectivity index (χ0) is 10.7.